The highest BCUT2D eigenvalue weighted by molar-refractivity contribution is 5.86. The first kappa shape index (κ1) is 19.5. The highest BCUT2D eigenvalue weighted by Crippen LogP contribution is 2.30. The third-order valence-corrected chi connectivity index (χ3v) is 6.18. The van der Waals surface area contributed by atoms with Crippen molar-refractivity contribution >= 4 is 11.0 Å². The summed E-state index contributed by atoms with van der Waals surface area (Å²) in [5, 5.41) is 11.1. The predicted octanol–water partition coefficient (Wildman–Crippen LogP) is 3.44. The number of fused-ring (bicyclic) bond motifs is 1. The summed E-state index contributed by atoms with van der Waals surface area (Å²) in [5.41, 5.74) is 2.51. The van der Waals surface area contributed by atoms with Gasteiger partial charge in [0.1, 0.15) is 23.8 Å². The zero-order valence-electron chi connectivity index (χ0n) is 17.2. The van der Waals surface area contributed by atoms with Gasteiger partial charge in [0.15, 0.2) is 5.58 Å². The average Bonchev–Trinajstić information content (AvgIpc) is 2.72. The molecule has 29 heavy (non-hydrogen) atoms. The van der Waals surface area contributed by atoms with E-state index in [1.165, 1.54) is 24.2 Å². The van der Waals surface area contributed by atoms with E-state index in [-0.39, 0.29) is 11.2 Å². The number of methoxy groups -OCH3 is 1. The summed E-state index contributed by atoms with van der Waals surface area (Å²) in [4.78, 5) is 14.8. The summed E-state index contributed by atoms with van der Waals surface area (Å²) < 4.78 is 11.4. The molecule has 5 heteroatoms. The molecule has 5 nitrogen and oxygen atoms in total. The third kappa shape index (κ3) is 3.62. The molecule has 3 aromatic rings. The smallest absolute Gasteiger partial charge is 0.200 e. The van der Waals surface area contributed by atoms with Crippen molar-refractivity contribution < 1.29 is 19.2 Å². The number of ether oxygens (including phenoxy) is 1. The summed E-state index contributed by atoms with van der Waals surface area (Å²) in [7, 11) is 1.61. The Balaban J connectivity index is 1.83. The van der Waals surface area contributed by atoms with Gasteiger partial charge in [0, 0.05) is 0 Å². The van der Waals surface area contributed by atoms with Gasteiger partial charge in [-0.2, -0.15) is 0 Å². The van der Waals surface area contributed by atoms with Crippen molar-refractivity contribution in [1.29, 1.82) is 0 Å². The standard InChI is InChI=1S/C24H27NO4/c1-15-6-4-5-13-25(15)14-20-21(26)12-11-19-23(27)22(16(2)29-24(19)20)17-7-9-18(28-3)10-8-17/h7-12,15,26H,4-6,13-14H2,1-3H3/p+1/t15-/m1/s1. The maximum Gasteiger partial charge on any atom is 0.200 e. The molecule has 0 aliphatic carbocycles. The van der Waals surface area contributed by atoms with Gasteiger partial charge >= 0.3 is 0 Å². The van der Waals surface area contributed by atoms with Crippen molar-refractivity contribution in [3.8, 4) is 22.6 Å². The average molecular weight is 394 g/mol. The Morgan fingerprint density at radius 3 is 2.62 bits per heavy atom. The monoisotopic (exact) mass is 394 g/mol. The van der Waals surface area contributed by atoms with E-state index in [9.17, 15) is 9.90 Å². The van der Waals surface area contributed by atoms with Crippen LogP contribution in [-0.4, -0.2) is 24.8 Å². The molecular formula is C24H28NO4+. The van der Waals surface area contributed by atoms with Crippen LogP contribution in [0.2, 0.25) is 0 Å². The van der Waals surface area contributed by atoms with Gasteiger partial charge in [0.2, 0.25) is 5.43 Å². The second-order valence-corrected chi connectivity index (χ2v) is 8.01. The zero-order chi connectivity index (χ0) is 20.5. The number of aromatic hydroxyl groups is 1. The lowest BCUT2D eigenvalue weighted by atomic mass is 9.99. The molecular weight excluding hydrogens is 366 g/mol. The van der Waals surface area contributed by atoms with Gasteiger partial charge in [-0.05, 0) is 62.9 Å². The van der Waals surface area contributed by atoms with Gasteiger partial charge in [0.25, 0.3) is 0 Å². The van der Waals surface area contributed by atoms with Gasteiger partial charge in [-0.15, -0.1) is 0 Å². The molecule has 1 aliphatic heterocycles. The predicted molar refractivity (Wildman–Crippen MR) is 114 cm³/mol. The van der Waals surface area contributed by atoms with Crippen LogP contribution in [0.4, 0.5) is 0 Å². The lowest BCUT2D eigenvalue weighted by Gasteiger charge is -2.30. The number of likely N-dealkylation sites (tertiary alicyclic amines) is 1. The maximum atomic E-state index is 13.3. The number of benzene rings is 2. The summed E-state index contributed by atoms with van der Waals surface area (Å²) in [5.74, 6) is 1.49. The summed E-state index contributed by atoms with van der Waals surface area (Å²) >= 11 is 0. The lowest BCUT2D eigenvalue weighted by molar-refractivity contribution is -0.941. The van der Waals surface area contributed by atoms with Crippen LogP contribution in [0, 0.1) is 6.92 Å². The second kappa shape index (κ2) is 7.91. The van der Waals surface area contributed by atoms with Crippen LogP contribution < -0.4 is 15.1 Å². The van der Waals surface area contributed by atoms with Gasteiger partial charge in [-0.1, -0.05) is 12.1 Å². The van der Waals surface area contributed by atoms with E-state index >= 15 is 0 Å². The Bertz CT molecular complexity index is 1080. The first-order valence-corrected chi connectivity index (χ1v) is 10.3. The molecule has 0 spiro atoms. The van der Waals surface area contributed by atoms with Crippen LogP contribution in [-0.2, 0) is 6.54 Å². The largest absolute Gasteiger partial charge is 0.507 e. The molecule has 1 aromatic heterocycles. The first-order valence-electron chi connectivity index (χ1n) is 10.3. The number of piperidine rings is 1. The fourth-order valence-corrected chi connectivity index (χ4v) is 4.42. The fraction of sp³-hybridized carbons (Fsp3) is 0.375. The number of hydrogen-bond donors (Lipinski definition) is 2. The number of aryl methyl sites for hydroxylation is 1. The van der Waals surface area contributed by atoms with Gasteiger partial charge < -0.3 is 19.2 Å². The Morgan fingerprint density at radius 2 is 1.93 bits per heavy atom. The molecule has 2 aromatic carbocycles. The highest BCUT2D eigenvalue weighted by atomic mass is 16.5. The molecule has 1 saturated heterocycles. The van der Waals surface area contributed by atoms with Gasteiger partial charge in [-0.25, -0.2) is 0 Å². The lowest BCUT2D eigenvalue weighted by Crippen LogP contribution is -3.14. The van der Waals surface area contributed by atoms with Crippen molar-refractivity contribution in [2.24, 2.45) is 0 Å². The van der Waals surface area contributed by atoms with Crippen molar-refractivity contribution in [1.82, 2.24) is 0 Å². The molecule has 0 amide bonds. The Hall–Kier alpha value is -2.79. The molecule has 2 N–H and O–H groups in total. The normalized spacial score (nSPS) is 19.4. The zero-order valence-corrected chi connectivity index (χ0v) is 17.2. The molecule has 1 fully saturated rings. The second-order valence-electron chi connectivity index (χ2n) is 8.01. The number of phenols is 1. The molecule has 0 bridgehead atoms. The quantitative estimate of drug-likeness (QED) is 0.712. The van der Waals surface area contributed by atoms with Gasteiger partial charge in [0.05, 0.1) is 36.2 Å². The number of hydrogen-bond acceptors (Lipinski definition) is 4. The van der Waals surface area contributed by atoms with E-state index in [4.69, 9.17) is 9.15 Å². The molecule has 2 atom stereocenters. The molecule has 1 aliphatic rings. The number of rotatable bonds is 4. The summed E-state index contributed by atoms with van der Waals surface area (Å²) in [6.07, 6.45) is 3.63. The van der Waals surface area contributed by atoms with Crippen molar-refractivity contribution in [3.63, 3.8) is 0 Å². The Morgan fingerprint density at radius 1 is 1.17 bits per heavy atom. The summed E-state index contributed by atoms with van der Waals surface area (Å²) in [6.45, 7) is 5.79. The maximum absolute atomic E-state index is 13.3. The molecule has 4 rings (SSSR count). The van der Waals surface area contributed by atoms with E-state index in [1.54, 1.807) is 19.2 Å². The molecule has 0 saturated carbocycles. The van der Waals surface area contributed by atoms with E-state index in [0.29, 0.717) is 34.9 Å². The minimum atomic E-state index is -0.0724. The van der Waals surface area contributed by atoms with Gasteiger partial charge in [-0.3, -0.25) is 4.79 Å². The van der Waals surface area contributed by atoms with Crippen molar-refractivity contribution in [2.75, 3.05) is 13.7 Å². The molecule has 152 valence electrons. The van der Waals surface area contributed by atoms with E-state index < -0.39 is 0 Å². The molecule has 2 heterocycles. The van der Waals surface area contributed by atoms with Crippen LogP contribution in [0.3, 0.4) is 0 Å². The van der Waals surface area contributed by atoms with E-state index in [1.807, 2.05) is 31.2 Å². The van der Waals surface area contributed by atoms with E-state index in [2.05, 4.69) is 6.92 Å². The van der Waals surface area contributed by atoms with Crippen LogP contribution in [0.15, 0.2) is 45.6 Å². The molecule has 1 unspecified atom stereocenters. The SMILES string of the molecule is COc1ccc(-c2c(C)oc3c(C[NH+]4CCCC[C@H]4C)c(O)ccc3c2=O)cc1. The first-order chi connectivity index (χ1) is 14.0. The topological polar surface area (TPSA) is 64.1 Å². The summed E-state index contributed by atoms with van der Waals surface area (Å²) in [6, 6.07) is 11.2. The van der Waals surface area contributed by atoms with Crippen LogP contribution in [0.1, 0.15) is 37.5 Å². The number of quaternary nitrogens is 1. The Labute approximate surface area is 170 Å². The van der Waals surface area contributed by atoms with Crippen LogP contribution in [0.5, 0.6) is 11.5 Å². The Kier molecular flexibility index (Phi) is 5.33. The molecule has 0 radical (unpaired) electrons. The minimum absolute atomic E-state index is 0.0724. The number of phenolic OH excluding ortho intramolecular Hbond substituents is 1. The minimum Gasteiger partial charge on any atom is -0.507 e. The number of nitrogens with one attached hydrogen (secondary N) is 1. The third-order valence-electron chi connectivity index (χ3n) is 6.18. The van der Waals surface area contributed by atoms with Crippen LogP contribution >= 0.6 is 0 Å². The van der Waals surface area contributed by atoms with Crippen molar-refractivity contribution in [3.05, 3.63) is 57.9 Å². The highest BCUT2D eigenvalue weighted by Gasteiger charge is 2.26. The van der Waals surface area contributed by atoms with Crippen molar-refractivity contribution in [2.45, 2.75) is 45.7 Å². The van der Waals surface area contributed by atoms with E-state index in [0.717, 1.165) is 23.4 Å². The van der Waals surface area contributed by atoms with Crippen LogP contribution in [0.25, 0.3) is 22.1 Å². The fourth-order valence-electron chi connectivity index (χ4n) is 4.42.